The zero-order chi connectivity index (χ0) is 66.3. The third-order valence-corrected chi connectivity index (χ3v) is 21.7. The molecule has 4 aliphatic rings. The second kappa shape index (κ2) is 30.1. The number of nitrogens with zero attached hydrogens (tertiary/aromatic N) is 10. The van der Waals surface area contributed by atoms with Crippen molar-refractivity contribution in [2.24, 2.45) is 5.92 Å². The molecule has 0 spiro atoms. The quantitative estimate of drug-likeness (QED) is 0.0168. The standard InChI is InChI=1S/C62H81N12O15PS3/c1-37(2)57(61(76)73-34-48(88-62(77)87-41(6)42(7)92-93(8,81)82)28-52(73)60(75)66-39(4)43-13-15-44(16-14-43)58-40(5)65-35-91-58)54-30-56(69-89-54)84-25-23-70-21-22-71(38(3)31-70)24-26-83-55-27-45(19-20-64-55)74-46-17-18-47(74)33-72(32-46)51-29-50(67-68-59(51)63)49-11-9-10-12-53(49)85-36-86-90(78,79)80/h9-16,19-20,27,29-30,35,37-39,41-42,46-48,52,57H,17-18,21-26,28,31-34,36H2,1-8H3,(H2,63,68)(H,66,75)(H2,78,79,80)/t38-,39+,41?,42?,46?,47?,48-,52+,57?/m1/s1. The molecule has 502 valence electrons. The Morgan fingerprint density at radius 3 is 2.32 bits per heavy atom. The average molecular weight is 1360 g/mol. The molecule has 2 aromatic carbocycles. The fourth-order valence-corrected chi connectivity index (χ4v) is 16.4. The second-order valence-corrected chi connectivity index (χ2v) is 31.1. The minimum atomic E-state index is -4.73. The van der Waals surface area contributed by atoms with Gasteiger partial charge in [0.1, 0.15) is 43.1 Å². The summed E-state index contributed by atoms with van der Waals surface area (Å²) in [6, 6.07) is 21.4. The van der Waals surface area contributed by atoms with Gasteiger partial charge in [-0.1, -0.05) is 50.2 Å². The van der Waals surface area contributed by atoms with E-state index in [1.807, 2.05) is 70.2 Å². The van der Waals surface area contributed by atoms with Crippen molar-refractivity contribution in [2.45, 2.75) is 121 Å². The lowest BCUT2D eigenvalue weighted by atomic mass is 9.91. The highest BCUT2D eigenvalue weighted by Crippen LogP contribution is 2.42. The topological polar surface area (TPSA) is 330 Å². The van der Waals surface area contributed by atoms with Gasteiger partial charge in [-0.2, -0.15) is 0 Å². The summed E-state index contributed by atoms with van der Waals surface area (Å²) in [5.74, 6) is -0.435. The average Bonchev–Trinajstić information content (AvgIpc) is 1.70. The number of carbonyl (C=O) groups is 3. The molecule has 0 radical (unpaired) electrons. The van der Waals surface area contributed by atoms with E-state index in [0.717, 1.165) is 71.8 Å². The molecular weight excluding hydrogens is 1280 g/mol. The number of para-hydroxylation sites is 1. The Morgan fingerprint density at radius 2 is 1.62 bits per heavy atom. The number of nitrogens with two attached hydrogens (primary N) is 1. The fraction of sp³-hybridized carbons (Fsp3) is 0.516. The summed E-state index contributed by atoms with van der Waals surface area (Å²) in [7, 11) is -7.49. The number of carbonyl (C=O) groups excluding carboxylic acids is 3. The Hall–Kier alpha value is -7.15. The van der Waals surface area contributed by atoms with Crippen molar-refractivity contribution < 1.29 is 69.9 Å². The number of phosphoric acid groups is 1. The van der Waals surface area contributed by atoms with Crippen molar-refractivity contribution in [2.75, 3.05) is 94.2 Å². The van der Waals surface area contributed by atoms with E-state index >= 15 is 0 Å². The summed E-state index contributed by atoms with van der Waals surface area (Å²) in [6.07, 6.45) is 2.02. The molecule has 27 nitrogen and oxygen atoms in total. The number of pyridine rings is 1. The van der Waals surface area contributed by atoms with Gasteiger partial charge in [-0.05, 0) is 105 Å². The number of rotatable bonds is 27. The number of benzene rings is 2. The van der Waals surface area contributed by atoms with Crippen LogP contribution in [0.2, 0.25) is 0 Å². The van der Waals surface area contributed by atoms with Gasteiger partial charge < -0.3 is 63.7 Å². The summed E-state index contributed by atoms with van der Waals surface area (Å²) < 4.78 is 74.7. The van der Waals surface area contributed by atoms with E-state index in [2.05, 4.69) is 61.7 Å². The minimum absolute atomic E-state index is 0.0200. The van der Waals surface area contributed by atoms with E-state index in [1.54, 1.807) is 67.2 Å². The molecule has 93 heavy (non-hydrogen) atoms. The maximum Gasteiger partial charge on any atom is 0.508 e. The molecule has 2 bridgehead atoms. The number of hydrogen-bond acceptors (Lipinski definition) is 25. The number of ether oxygens (including phenoxy) is 5. The second-order valence-electron chi connectivity index (χ2n) is 24.3. The lowest BCUT2D eigenvalue weighted by molar-refractivity contribution is -0.141. The van der Waals surface area contributed by atoms with Gasteiger partial charge in [0.2, 0.25) is 17.7 Å². The first-order valence-corrected chi connectivity index (χ1v) is 36.6. The van der Waals surface area contributed by atoms with Crippen LogP contribution in [0.1, 0.15) is 89.8 Å². The summed E-state index contributed by atoms with van der Waals surface area (Å²) in [4.78, 5) is 81.5. The smallest absolute Gasteiger partial charge is 0.476 e. The number of likely N-dealkylation sites (tertiary alicyclic amines) is 1. The lowest BCUT2D eigenvalue weighted by Gasteiger charge is -2.43. The number of phosphoric ester groups is 1. The molecule has 4 saturated heterocycles. The number of aryl methyl sites for hydroxylation is 1. The summed E-state index contributed by atoms with van der Waals surface area (Å²) in [6.45, 7) is 18.1. The third kappa shape index (κ3) is 17.6. The Labute approximate surface area is 548 Å². The van der Waals surface area contributed by atoms with E-state index in [1.165, 1.54) is 4.90 Å². The molecule has 8 heterocycles. The number of anilines is 3. The number of thiazole rings is 1. The van der Waals surface area contributed by atoms with Crippen molar-refractivity contribution in [1.82, 2.24) is 45.3 Å². The van der Waals surface area contributed by atoms with Gasteiger partial charge in [-0.3, -0.25) is 19.4 Å². The summed E-state index contributed by atoms with van der Waals surface area (Å²) in [5.41, 5.74) is 13.9. The van der Waals surface area contributed by atoms with E-state index in [9.17, 15) is 27.4 Å². The highest BCUT2D eigenvalue weighted by molar-refractivity contribution is 8.72. The lowest BCUT2D eigenvalue weighted by Crippen LogP contribution is -2.54. The van der Waals surface area contributed by atoms with Gasteiger partial charge in [0.25, 0.3) is 5.88 Å². The summed E-state index contributed by atoms with van der Waals surface area (Å²) in [5, 5.41) is 15.3. The van der Waals surface area contributed by atoms with E-state index < -0.39 is 76.9 Å². The van der Waals surface area contributed by atoms with E-state index in [4.69, 9.17) is 43.7 Å². The van der Waals surface area contributed by atoms with Gasteiger partial charge in [0.05, 0.1) is 45.3 Å². The van der Waals surface area contributed by atoms with Crippen LogP contribution in [0.5, 0.6) is 17.5 Å². The van der Waals surface area contributed by atoms with Crippen molar-refractivity contribution in [3.63, 3.8) is 0 Å². The molecule has 6 aromatic rings. The van der Waals surface area contributed by atoms with Gasteiger partial charge >= 0.3 is 14.0 Å². The van der Waals surface area contributed by atoms with Gasteiger partial charge in [0, 0.05) is 106 Å². The molecule has 2 amide bonds. The molecule has 9 atom stereocenters. The van der Waals surface area contributed by atoms with Crippen LogP contribution in [0.25, 0.3) is 21.7 Å². The van der Waals surface area contributed by atoms with Gasteiger partial charge in [0.15, 0.2) is 27.2 Å². The number of nitrogen functional groups attached to an aromatic ring is 1. The maximum absolute atomic E-state index is 14.9. The SMILES string of the molecule is Cc1ncsc1-c1ccc([C@H](C)NC(=O)[C@@H]2C[C@@H](OC(=O)OC(C)C(C)SS(C)(=O)=O)CN2C(=O)C(c2cc(OCCN3CCN(CCOc4cc(N5C6CCC5CN(c5cc(-c7ccccc7OCOP(=O)(O)O)nnc5N)C6)ccn4)[C@H](C)C3)no2)C(C)C)cc1. The van der Waals surface area contributed by atoms with E-state index in [0.29, 0.717) is 73.1 Å². The Balaban J connectivity index is 0.697. The van der Waals surface area contributed by atoms with Crippen molar-refractivity contribution in [3.8, 4) is 39.2 Å². The molecule has 4 aromatic heterocycles. The highest BCUT2D eigenvalue weighted by atomic mass is 33.1. The first-order valence-electron chi connectivity index (χ1n) is 30.9. The predicted molar refractivity (Wildman–Crippen MR) is 350 cm³/mol. The normalized spacial score (nSPS) is 20.9. The van der Waals surface area contributed by atoms with Crippen molar-refractivity contribution in [3.05, 3.63) is 102 Å². The number of amides is 2. The molecule has 5 N–H and O–H groups in total. The van der Waals surface area contributed by atoms with Gasteiger partial charge in [-0.25, -0.2) is 32.3 Å². The minimum Gasteiger partial charge on any atom is -0.476 e. The Morgan fingerprint density at radius 1 is 0.892 bits per heavy atom. The number of fused-ring (bicyclic) bond motifs is 2. The first-order chi connectivity index (χ1) is 44.3. The zero-order valence-corrected chi connectivity index (χ0v) is 56.5. The Bertz CT molecular complexity index is 3720. The summed E-state index contributed by atoms with van der Waals surface area (Å²) >= 11 is 1.55. The van der Waals surface area contributed by atoms with Crippen LogP contribution in [0.3, 0.4) is 0 Å². The third-order valence-electron chi connectivity index (χ3n) is 17.3. The van der Waals surface area contributed by atoms with Crippen LogP contribution >= 0.6 is 30.0 Å². The molecule has 10 rings (SSSR count). The van der Waals surface area contributed by atoms with Crippen LogP contribution in [0, 0.1) is 12.8 Å². The molecule has 0 saturated carbocycles. The van der Waals surface area contributed by atoms with Crippen molar-refractivity contribution in [1.29, 1.82) is 0 Å². The van der Waals surface area contributed by atoms with Crippen LogP contribution in [0.4, 0.5) is 22.0 Å². The first kappa shape index (κ1) is 68.7. The Kier molecular flexibility index (Phi) is 22.2. The number of aromatic nitrogens is 5. The monoisotopic (exact) mass is 1360 g/mol. The number of hydrogen-bond donors (Lipinski definition) is 4. The molecule has 4 aliphatic heterocycles. The molecule has 0 aliphatic carbocycles. The van der Waals surface area contributed by atoms with Crippen LogP contribution in [-0.4, -0.2) is 196 Å². The highest BCUT2D eigenvalue weighted by Gasteiger charge is 2.46. The molecule has 5 unspecified atom stereocenters. The molecular formula is C62H81N12O15PS3. The van der Waals surface area contributed by atoms with E-state index in [-0.39, 0.29) is 54.5 Å². The zero-order valence-electron chi connectivity index (χ0n) is 53.2. The van der Waals surface area contributed by atoms with Crippen LogP contribution in [0.15, 0.2) is 89.0 Å². The predicted octanol–water partition coefficient (Wildman–Crippen LogP) is 7.52. The maximum atomic E-state index is 14.9. The number of nitrogens with one attached hydrogen (secondary N) is 1. The largest absolute Gasteiger partial charge is 0.508 e. The van der Waals surface area contributed by atoms with Crippen LogP contribution in [-0.2, 0) is 37.0 Å². The van der Waals surface area contributed by atoms with Crippen molar-refractivity contribution >= 4 is 74.0 Å². The van der Waals surface area contributed by atoms with Crippen LogP contribution < -0.4 is 35.1 Å². The number of piperazine rings is 2. The molecule has 31 heteroatoms. The molecule has 4 fully saturated rings. The van der Waals surface area contributed by atoms with Gasteiger partial charge in [-0.15, -0.1) is 21.5 Å². The fourth-order valence-electron chi connectivity index (χ4n) is 12.5.